The zero-order valence-electron chi connectivity index (χ0n) is 17.9. The Morgan fingerprint density at radius 3 is 2.47 bits per heavy atom. The maximum atomic E-state index is 13.0. The first kappa shape index (κ1) is 23.8. The number of esters is 2. The van der Waals surface area contributed by atoms with Gasteiger partial charge in [0.2, 0.25) is 5.91 Å². The highest BCUT2D eigenvalue weighted by molar-refractivity contribution is 5.88. The zero-order chi connectivity index (χ0) is 22.1. The average Bonchev–Trinajstić information content (AvgIpc) is 3.13. The summed E-state index contributed by atoms with van der Waals surface area (Å²) in [6, 6.07) is 7.52. The highest BCUT2D eigenvalue weighted by Gasteiger charge is 2.41. The largest absolute Gasteiger partial charge is 0.465 e. The van der Waals surface area contributed by atoms with E-state index in [9.17, 15) is 19.5 Å². The second-order valence-corrected chi connectivity index (χ2v) is 7.37. The van der Waals surface area contributed by atoms with E-state index in [2.05, 4.69) is 5.32 Å². The smallest absolute Gasteiger partial charge is 0.328 e. The topological polar surface area (TPSA) is 105 Å². The van der Waals surface area contributed by atoms with Gasteiger partial charge in [-0.2, -0.15) is 0 Å². The first-order valence-corrected chi connectivity index (χ1v) is 10.5. The number of hydrogen-bond donors (Lipinski definition) is 2. The molecule has 30 heavy (non-hydrogen) atoms. The molecule has 1 heterocycles. The predicted molar refractivity (Wildman–Crippen MR) is 111 cm³/mol. The Kier molecular flexibility index (Phi) is 9.26. The van der Waals surface area contributed by atoms with Gasteiger partial charge in [-0.1, -0.05) is 30.3 Å². The minimum absolute atomic E-state index is 0.0580. The van der Waals surface area contributed by atoms with Gasteiger partial charge >= 0.3 is 11.9 Å². The third-order valence-electron chi connectivity index (χ3n) is 5.08. The van der Waals surface area contributed by atoms with Gasteiger partial charge in [-0.3, -0.25) is 14.9 Å². The number of ether oxygens (including phenoxy) is 2. The van der Waals surface area contributed by atoms with Crippen LogP contribution in [0.1, 0.15) is 39.2 Å². The number of amides is 1. The van der Waals surface area contributed by atoms with Gasteiger partial charge in [-0.15, -0.1) is 0 Å². The molecule has 1 saturated heterocycles. The molecule has 2 N–H and O–H groups in total. The van der Waals surface area contributed by atoms with Gasteiger partial charge in [0.15, 0.2) is 0 Å². The van der Waals surface area contributed by atoms with E-state index in [0.717, 1.165) is 5.56 Å². The second kappa shape index (κ2) is 11.7. The summed E-state index contributed by atoms with van der Waals surface area (Å²) >= 11 is 0. The molecule has 1 amide bonds. The number of aliphatic hydroxyl groups excluding tert-OH is 1. The highest BCUT2D eigenvalue weighted by atomic mass is 16.5. The molecule has 0 radical (unpaired) electrons. The summed E-state index contributed by atoms with van der Waals surface area (Å²) in [6.45, 7) is 5.57. The Morgan fingerprint density at radius 1 is 1.17 bits per heavy atom. The Morgan fingerprint density at radius 2 is 1.83 bits per heavy atom. The van der Waals surface area contributed by atoms with Gasteiger partial charge in [0.05, 0.1) is 25.4 Å². The quantitative estimate of drug-likeness (QED) is 0.545. The van der Waals surface area contributed by atoms with Gasteiger partial charge in [0.25, 0.3) is 0 Å². The molecule has 1 unspecified atom stereocenters. The van der Waals surface area contributed by atoms with E-state index in [-0.39, 0.29) is 32.1 Å². The number of nitrogens with zero attached hydrogens (tertiary/aromatic N) is 1. The molecule has 1 aliphatic rings. The van der Waals surface area contributed by atoms with E-state index < -0.39 is 36.2 Å². The van der Waals surface area contributed by atoms with E-state index in [1.165, 1.54) is 4.90 Å². The normalized spacial score (nSPS) is 20.5. The van der Waals surface area contributed by atoms with Crippen molar-refractivity contribution in [2.45, 2.75) is 64.3 Å². The van der Waals surface area contributed by atoms with E-state index in [1.807, 2.05) is 30.3 Å². The molecule has 0 spiro atoms. The van der Waals surface area contributed by atoms with E-state index in [4.69, 9.17) is 9.47 Å². The van der Waals surface area contributed by atoms with Gasteiger partial charge in [0, 0.05) is 13.0 Å². The number of aliphatic hydroxyl groups is 1. The monoisotopic (exact) mass is 420 g/mol. The fourth-order valence-electron chi connectivity index (χ4n) is 3.61. The molecule has 8 nitrogen and oxygen atoms in total. The van der Waals surface area contributed by atoms with Crippen LogP contribution < -0.4 is 5.32 Å². The minimum Gasteiger partial charge on any atom is -0.465 e. The number of likely N-dealkylation sites (tertiary alicyclic amines) is 1. The second-order valence-electron chi connectivity index (χ2n) is 7.37. The predicted octanol–water partition coefficient (Wildman–Crippen LogP) is 1.05. The van der Waals surface area contributed by atoms with E-state index in [0.29, 0.717) is 12.8 Å². The lowest BCUT2D eigenvalue weighted by atomic mass is 10.0. The first-order valence-electron chi connectivity index (χ1n) is 10.5. The van der Waals surface area contributed by atoms with E-state index >= 15 is 0 Å². The van der Waals surface area contributed by atoms with Crippen LogP contribution >= 0.6 is 0 Å². The fourth-order valence-corrected chi connectivity index (χ4v) is 3.61. The van der Waals surface area contributed by atoms with Crippen LogP contribution in [-0.2, 0) is 30.3 Å². The molecule has 8 heteroatoms. The Balaban J connectivity index is 2.05. The number of rotatable bonds is 10. The summed E-state index contributed by atoms with van der Waals surface area (Å²) < 4.78 is 10.2. The lowest BCUT2D eigenvalue weighted by Gasteiger charge is -2.28. The van der Waals surface area contributed by atoms with Gasteiger partial charge in [-0.25, -0.2) is 4.79 Å². The number of aryl methyl sites for hydroxylation is 1. The number of nitrogens with one attached hydrogen (secondary N) is 1. The molecule has 2 rings (SSSR count). The average molecular weight is 421 g/mol. The molecule has 1 aromatic carbocycles. The van der Waals surface area contributed by atoms with Crippen molar-refractivity contribution in [3.05, 3.63) is 35.9 Å². The highest BCUT2D eigenvalue weighted by Crippen LogP contribution is 2.20. The Bertz CT molecular complexity index is 711. The lowest BCUT2D eigenvalue weighted by molar-refractivity contribution is -0.154. The molecule has 0 bridgehead atoms. The van der Waals surface area contributed by atoms with Crippen LogP contribution in [0.15, 0.2) is 30.3 Å². The molecule has 0 aliphatic carbocycles. The van der Waals surface area contributed by atoms with Crippen molar-refractivity contribution in [3.8, 4) is 0 Å². The Labute approximate surface area is 177 Å². The van der Waals surface area contributed by atoms with Crippen molar-refractivity contribution in [2.24, 2.45) is 0 Å². The standard InChI is InChI=1S/C22H32N2O6/c1-4-29-21(27)18(12-11-16-9-7-6-8-10-16)23-15(3)20(26)24-14-17(25)13-19(24)22(28)30-5-2/h6-10,15,17-19,23,25H,4-5,11-14H2,1-3H3/t15-,17?,18-,19-/m0/s1. The molecule has 1 aliphatic heterocycles. The summed E-state index contributed by atoms with van der Waals surface area (Å²) in [4.78, 5) is 38.9. The van der Waals surface area contributed by atoms with Crippen molar-refractivity contribution in [3.63, 3.8) is 0 Å². The number of carbonyl (C=O) groups excluding carboxylic acids is 3. The summed E-state index contributed by atoms with van der Waals surface area (Å²) in [6.07, 6.45) is 0.470. The van der Waals surface area contributed by atoms with Crippen LogP contribution in [0.2, 0.25) is 0 Å². The lowest BCUT2D eigenvalue weighted by Crippen LogP contribution is -2.53. The van der Waals surface area contributed by atoms with Crippen LogP contribution in [-0.4, -0.2) is 71.8 Å². The minimum atomic E-state index is -0.818. The molecule has 0 saturated carbocycles. The fraction of sp³-hybridized carbons (Fsp3) is 0.591. The summed E-state index contributed by atoms with van der Waals surface area (Å²) in [5, 5.41) is 13.0. The summed E-state index contributed by atoms with van der Waals surface area (Å²) in [7, 11) is 0. The number of hydrogen-bond acceptors (Lipinski definition) is 7. The van der Waals surface area contributed by atoms with Crippen LogP contribution in [0.5, 0.6) is 0 Å². The zero-order valence-corrected chi connectivity index (χ0v) is 17.9. The maximum Gasteiger partial charge on any atom is 0.328 e. The van der Waals surface area contributed by atoms with E-state index in [1.54, 1.807) is 20.8 Å². The van der Waals surface area contributed by atoms with Crippen molar-refractivity contribution in [1.82, 2.24) is 10.2 Å². The van der Waals surface area contributed by atoms with Crippen LogP contribution in [0, 0.1) is 0 Å². The SMILES string of the molecule is CCOC(=O)[C@H](CCc1ccccc1)N[C@@H](C)C(=O)N1CC(O)C[C@H]1C(=O)OCC. The van der Waals surface area contributed by atoms with Crippen molar-refractivity contribution in [1.29, 1.82) is 0 Å². The Hall–Kier alpha value is -2.45. The van der Waals surface area contributed by atoms with Crippen molar-refractivity contribution in [2.75, 3.05) is 19.8 Å². The third-order valence-corrected chi connectivity index (χ3v) is 5.08. The van der Waals surface area contributed by atoms with Crippen LogP contribution in [0.25, 0.3) is 0 Å². The molecule has 166 valence electrons. The molecular formula is C22H32N2O6. The summed E-state index contributed by atoms with van der Waals surface area (Å²) in [5.74, 6) is -1.31. The maximum absolute atomic E-state index is 13.0. The van der Waals surface area contributed by atoms with Crippen molar-refractivity contribution >= 4 is 17.8 Å². The summed E-state index contributed by atoms with van der Waals surface area (Å²) in [5.41, 5.74) is 1.08. The molecule has 1 fully saturated rings. The third kappa shape index (κ3) is 6.53. The van der Waals surface area contributed by atoms with Gasteiger partial charge in [-0.05, 0) is 39.2 Å². The molecule has 0 aromatic heterocycles. The first-order chi connectivity index (χ1) is 14.4. The number of β-amino-alcohol motifs (C(OH)–C–C–N with tert-alkyl or cyclic N) is 1. The molecule has 4 atom stereocenters. The number of carbonyl (C=O) groups is 3. The number of benzene rings is 1. The van der Waals surface area contributed by atoms with Gasteiger partial charge in [0.1, 0.15) is 12.1 Å². The van der Waals surface area contributed by atoms with Gasteiger partial charge < -0.3 is 19.5 Å². The molecular weight excluding hydrogens is 388 g/mol. The van der Waals surface area contributed by atoms with Crippen LogP contribution in [0.3, 0.4) is 0 Å². The van der Waals surface area contributed by atoms with Crippen molar-refractivity contribution < 1.29 is 29.0 Å². The molecule has 1 aromatic rings. The van der Waals surface area contributed by atoms with Crippen LogP contribution in [0.4, 0.5) is 0 Å².